The third-order valence-corrected chi connectivity index (χ3v) is 8.49. The van der Waals surface area contributed by atoms with E-state index >= 15 is 0 Å². The van der Waals surface area contributed by atoms with E-state index in [1.165, 1.54) is 12.1 Å². The molecule has 0 bridgehead atoms. The van der Waals surface area contributed by atoms with E-state index in [2.05, 4.69) is 17.5 Å². The normalized spacial score (nSPS) is 21.3. The Hall–Kier alpha value is -3.92. The molecule has 4 heterocycles. The van der Waals surface area contributed by atoms with Gasteiger partial charge in [-0.3, -0.25) is 4.79 Å². The Labute approximate surface area is 248 Å². The second kappa shape index (κ2) is 12.8. The Morgan fingerprint density at radius 2 is 1.98 bits per heavy atom. The van der Waals surface area contributed by atoms with Crippen LogP contribution in [0.5, 0.6) is 6.01 Å². The minimum Gasteiger partial charge on any atom is -0.462 e. The van der Waals surface area contributed by atoms with E-state index in [1.807, 2.05) is 11.9 Å². The first-order valence-corrected chi connectivity index (χ1v) is 14.5. The zero-order valence-electron chi connectivity index (χ0n) is 24.1. The number of piperazine rings is 1. The molecule has 2 atom stereocenters. The van der Waals surface area contributed by atoms with E-state index in [0.29, 0.717) is 63.2 Å². The summed E-state index contributed by atoms with van der Waals surface area (Å²) in [5.74, 6) is -0.601. The van der Waals surface area contributed by atoms with Crippen LogP contribution in [0.4, 0.5) is 29.1 Å². The molecule has 0 radical (unpaired) electrons. The molecule has 1 amide bonds. The maximum atomic E-state index is 13.9. The highest BCUT2D eigenvalue weighted by Crippen LogP contribution is 2.39. The van der Waals surface area contributed by atoms with Crippen molar-refractivity contribution >= 4 is 17.4 Å². The zero-order chi connectivity index (χ0) is 30.7. The third kappa shape index (κ3) is 6.69. The van der Waals surface area contributed by atoms with Gasteiger partial charge in [0.05, 0.1) is 36.3 Å². The Kier molecular flexibility index (Phi) is 9.05. The maximum absolute atomic E-state index is 13.9. The Balaban J connectivity index is 1.51. The van der Waals surface area contributed by atoms with Gasteiger partial charge in [0, 0.05) is 43.5 Å². The number of nitriles is 1. The number of hydrogen-bond donors (Lipinski definition) is 0. The molecule has 0 N–H and O–H groups in total. The maximum Gasteiger partial charge on any atom is 0.418 e. The molecular formula is C30H35F4N7O2. The summed E-state index contributed by atoms with van der Waals surface area (Å²) >= 11 is 0. The predicted molar refractivity (Wildman–Crippen MR) is 152 cm³/mol. The molecule has 1 aromatic carbocycles. The van der Waals surface area contributed by atoms with Crippen molar-refractivity contribution in [1.82, 2.24) is 19.8 Å². The molecule has 0 saturated carbocycles. The summed E-state index contributed by atoms with van der Waals surface area (Å²) in [7, 11) is 2.03. The number of aromatic nitrogens is 2. The van der Waals surface area contributed by atoms with Crippen molar-refractivity contribution in [2.75, 3.05) is 56.2 Å². The second-order valence-electron chi connectivity index (χ2n) is 11.2. The summed E-state index contributed by atoms with van der Waals surface area (Å²) in [4.78, 5) is 29.4. The quantitative estimate of drug-likeness (QED) is 0.345. The number of halogens is 4. The average molecular weight is 602 g/mol. The van der Waals surface area contributed by atoms with Gasteiger partial charge in [-0.25, -0.2) is 4.39 Å². The predicted octanol–water partition coefficient (Wildman–Crippen LogP) is 4.18. The van der Waals surface area contributed by atoms with Gasteiger partial charge >= 0.3 is 12.2 Å². The van der Waals surface area contributed by atoms with Crippen LogP contribution in [0.3, 0.4) is 0 Å². The molecule has 0 aliphatic carbocycles. The summed E-state index contributed by atoms with van der Waals surface area (Å²) < 4.78 is 61.8. The molecule has 9 nitrogen and oxygen atoms in total. The van der Waals surface area contributed by atoms with Crippen molar-refractivity contribution in [3.63, 3.8) is 0 Å². The lowest BCUT2D eigenvalue weighted by atomic mass is 10.1. The monoisotopic (exact) mass is 601 g/mol. The molecule has 230 valence electrons. The van der Waals surface area contributed by atoms with Gasteiger partial charge in [-0.05, 0) is 63.6 Å². The van der Waals surface area contributed by atoms with Crippen LogP contribution in [0.2, 0.25) is 0 Å². The number of nitrogens with zero attached hydrogens (tertiary/aromatic N) is 7. The van der Waals surface area contributed by atoms with Crippen LogP contribution in [-0.4, -0.2) is 84.1 Å². The molecule has 2 saturated heterocycles. The summed E-state index contributed by atoms with van der Waals surface area (Å²) in [5.41, 5.74) is 0.190. The van der Waals surface area contributed by atoms with Gasteiger partial charge in [-0.2, -0.15) is 28.4 Å². The molecule has 1 aromatic heterocycles. The van der Waals surface area contributed by atoms with Crippen molar-refractivity contribution in [2.45, 2.75) is 56.9 Å². The first-order valence-electron chi connectivity index (χ1n) is 14.5. The second-order valence-corrected chi connectivity index (χ2v) is 11.2. The fourth-order valence-corrected chi connectivity index (χ4v) is 6.23. The van der Waals surface area contributed by atoms with Crippen LogP contribution in [0.15, 0.2) is 30.9 Å². The number of carbonyl (C=O) groups excluding carboxylic acids is 1. The fourth-order valence-electron chi connectivity index (χ4n) is 6.23. The largest absolute Gasteiger partial charge is 0.462 e. The SMILES string of the molecule is C=CC(=O)N1CCN(c2nc(OC[C@@H]3CCCN3C)nc3c2CCCN(c2ccc(F)cc2C(F)(F)F)C3)CC1CC#N. The highest BCUT2D eigenvalue weighted by Gasteiger charge is 2.37. The molecule has 0 spiro atoms. The first kappa shape index (κ1) is 30.5. The molecule has 43 heavy (non-hydrogen) atoms. The summed E-state index contributed by atoms with van der Waals surface area (Å²) in [6.07, 6.45) is -0.318. The van der Waals surface area contributed by atoms with Crippen molar-refractivity contribution < 1.29 is 27.1 Å². The molecule has 13 heteroatoms. The van der Waals surface area contributed by atoms with Crippen molar-refractivity contribution in [3.05, 3.63) is 53.5 Å². The van der Waals surface area contributed by atoms with Crippen LogP contribution in [0.25, 0.3) is 0 Å². The minimum absolute atomic E-state index is 0.0514. The highest BCUT2D eigenvalue weighted by atomic mass is 19.4. The van der Waals surface area contributed by atoms with Crippen LogP contribution in [-0.2, 0) is 23.9 Å². The van der Waals surface area contributed by atoms with E-state index in [4.69, 9.17) is 14.7 Å². The van der Waals surface area contributed by atoms with Crippen molar-refractivity contribution in [2.24, 2.45) is 0 Å². The summed E-state index contributed by atoms with van der Waals surface area (Å²) in [6.45, 7) is 6.41. The molecule has 2 fully saturated rings. The number of anilines is 2. The molecule has 3 aliphatic rings. The van der Waals surface area contributed by atoms with Crippen molar-refractivity contribution in [3.8, 4) is 12.1 Å². The van der Waals surface area contributed by atoms with Gasteiger partial charge in [0.15, 0.2) is 0 Å². The minimum atomic E-state index is -4.73. The number of rotatable bonds is 7. The number of amides is 1. The Morgan fingerprint density at radius 3 is 2.67 bits per heavy atom. The standard InChI is InChI=1S/C30H35F4N7O2/c1-3-27(42)41-15-14-40(17-21(41)10-11-35)28-23-7-5-13-39(26-9-8-20(31)16-24(26)30(32,33)34)18-25(23)36-29(37-28)43-19-22-6-4-12-38(22)2/h3,8-9,16,21-22H,1,4-7,10,12-15,17-19H2,2H3/t21?,22-/m0/s1. The molecule has 1 unspecified atom stereocenters. The number of likely N-dealkylation sites (tertiary alicyclic amines) is 1. The smallest absolute Gasteiger partial charge is 0.418 e. The Morgan fingerprint density at radius 1 is 1.16 bits per heavy atom. The third-order valence-electron chi connectivity index (χ3n) is 8.49. The fraction of sp³-hybridized carbons (Fsp3) is 0.533. The molecule has 5 rings (SSSR count). The lowest BCUT2D eigenvalue weighted by molar-refractivity contribution is -0.137. The average Bonchev–Trinajstić information content (AvgIpc) is 3.27. The first-order chi connectivity index (χ1) is 20.6. The number of fused-ring (bicyclic) bond motifs is 1. The van der Waals surface area contributed by atoms with Crippen LogP contribution >= 0.6 is 0 Å². The number of likely N-dealkylation sites (N-methyl/N-ethyl adjacent to an activating group) is 1. The van der Waals surface area contributed by atoms with E-state index < -0.39 is 17.6 Å². The van der Waals surface area contributed by atoms with Crippen LogP contribution in [0, 0.1) is 17.1 Å². The number of alkyl halides is 3. The lowest BCUT2D eigenvalue weighted by Gasteiger charge is -2.41. The summed E-state index contributed by atoms with van der Waals surface area (Å²) in [6, 6.07) is 4.83. The molecule has 2 aromatic rings. The molecule has 3 aliphatic heterocycles. The number of hydrogen-bond acceptors (Lipinski definition) is 8. The van der Waals surface area contributed by atoms with E-state index in [1.54, 1.807) is 9.80 Å². The van der Waals surface area contributed by atoms with E-state index in [-0.39, 0.29) is 42.7 Å². The van der Waals surface area contributed by atoms with E-state index in [0.717, 1.165) is 31.0 Å². The van der Waals surface area contributed by atoms with Gasteiger partial charge in [-0.15, -0.1) is 0 Å². The van der Waals surface area contributed by atoms with Crippen LogP contribution < -0.4 is 14.5 Å². The number of carbonyl (C=O) groups is 1. The lowest BCUT2D eigenvalue weighted by Crippen LogP contribution is -2.55. The number of ether oxygens (including phenoxy) is 1. The van der Waals surface area contributed by atoms with Gasteiger partial charge in [-0.1, -0.05) is 6.58 Å². The van der Waals surface area contributed by atoms with Gasteiger partial charge in [0.25, 0.3) is 0 Å². The zero-order valence-corrected chi connectivity index (χ0v) is 24.1. The highest BCUT2D eigenvalue weighted by molar-refractivity contribution is 5.87. The number of benzene rings is 1. The topological polar surface area (TPSA) is 88.8 Å². The Bertz CT molecular complexity index is 1400. The van der Waals surface area contributed by atoms with Crippen LogP contribution in [0.1, 0.15) is 42.5 Å². The summed E-state index contributed by atoms with van der Waals surface area (Å²) in [5, 5.41) is 9.46. The van der Waals surface area contributed by atoms with Gasteiger partial charge in [0.2, 0.25) is 5.91 Å². The molecular weight excluding hydrogens is 566 g/mol. The van der Waals surface area contributed by atoms with Crippen molar-refractivity contribution in [1.29, 1.82) is 5.26 Å². The van der Waals surface area contributed by atoms with Gasteiger partial charge < -0.3 is 24.3 Å². The van der Waals surface area contributed by atoms with Gasteiger partial charge in [0.1, 0.15) is 18.2 Å². The van der Waals surface area contributed by atoms with E-state index in [9.17, 15) is 27.6 Å².